The second-order valence-corrected chi connectivity index (χ2v) is 5.71. The predicted molar refractivity (Wildman–Crippen MR) is 70.2 cm³/mol. The number of pyridine rings is 1. The maximum absolute atomic E-state index is 4.56. The highest BCUT2D eigenvalue weighted by Gasteiger charge is 2.23. The van der Waals surface area contributed by atoms with Crippen molar-refractivity contribution in [3.63, 3.8) is 0 Å². The van der Waals surface area contributed by atoms with Crippen LogP contribution in [0.1, 0.15) is 48.9 Å². The monoisotopic (exact) mass is 230 g/mol. The predicted octanol–water partition coefficient (Wildman–Crippen LogP) is 2.78. The minimum atomic E-state index is 0.689. The molecule has 0 amide bonds. The molecule has 2 nitrogen and oxygen atoms in total. The molecule has 3 rings (SSSR count). The van der Waals surface area contributed by atoms with E-state index in [4.69, 9.17) is 0 Å². The molecule has 0 saturated heterocycles. The Balaban J connectivity index is 1.67. The summed E-state index contributed by atoms with van der Waals surface area (Å²) in [6, 6.07) is 3.80. The van der Waals surface area contributed by atoms with Crippen LogP contribution in [0.5, 0.6) is 0 Å². The summed E-state index contributed by atoms with van der Waals surface area (Å²) < 4.78 is 0. The normalized spacial score (nSPS) is 24.9. The fourth-order valence-corrected chi connectivity index (χ4v) is 3.31. The molecule has 0 radical (unpaired) electrons. The fourth-order valence-electron chi connectivity index (χ4n) is 3.31. The van der Waals surface area contributed by atoms with Gasteiger partial charge < -0.3 is 5.32 Å². The molecular formula is C15H22N2. The summed E-state index contributed by atoms with van der Waals surface area (Å²) in [7, 11) is 0. The maximum atomic E-state index is 4.56. The number of hydrogen-bond donors (Lipinski definition) is 1. The van der Waals surface area contributed by atoms with Crippen LogP contribution in [0, 0.1) is 6.92 Å². The lowest BCUT2D eigenvalue weighted by Crippen LogP contribution is -2.40. The zero-order chi connectivity index (χ0) is 11.7. The van der Waals surface area contributed by atoms with Crippen molar-refractivity contribution in [1.29, 1.82) is 0 Å². The number of nitrogens with zero attached hydrogens (tertiary/aromatic N) is 1. The number of aryl methyl sites for hydroxylation is 2. The van der Waals surface area contributed by atoms with E-state index in [1.54, 1.807) is 0 Å². The summed E-state index contributed by atoms with van der Waals surface area (Å²) in [5, 5.41) is 3.85. The van der Waals surface area contributed by atoms with E-state index in [9.17, 15) is 0 Å². The summed E-state index contributed by atoms with van der Waals surface area (Å²) in [5.74, 6) is 0. The quantitative estimate of drug-likeness (QED) is 0.845. The van der Waals surface area contributed by atoms with Crippen molar-refractivity contribution in [3.05, 3.63) is 29.1 Å². The molecule has 1 N–H and O–H groups in total. The molecular weight excluding hydrogens is 208 g/mol. The van der Waals surface area contributed by atoms with Crippen molar-refractivity contribution in [3.8, 4) is 0 Å². The number of rotatable bonds is 2. The first-order valence-corrected chi connectivity index (χ1v) is 7.02. The van der Waals surface area contributed by atoms with Crippen LogP contribution in [0.4, 0.5) is 0 Å². The first-order valence-electron chi connectivity index (χ1n) is 7.02. The molecule has 1 fully saturated rings. The van der Waals surface area contributed by atoms with Gasteiger partial charge in [0, 0.05) is 24.0 Å². The van der Waals surface area contributed by atoms with Crippen LogP contribution in [0.3, 0.4) is 0 Å². The summed E-state index contributed by atoms with van der Waals surface area (Å²) in [6.45, 7) is 2.14. The van der Waals surface area contributed by atoms with Gasteiger partial charge in [0.25, 0.3) is 0 Å². The van der Waals surface area contributed by atoms with Crippen LogP contribution in [0.15, 0.2) is 12.3 Å². The molecule has 1 saturated carbocycles. The fraction of sp³-hybridized carbons (Fsp3) is 0.667. The first-order chi connectivity index (χ1) is 8.31. The summed E-state index contributed by atoms with van der Waals surface area (Å²) in [6.07, 6.45) is 11.2. The van der Waals surface area contributed by atoms with Crippen molar-refractivity contribution in [2.45, 2.75) is 64.0 Å². The van der Waals surface area contributed by atoms with Crippen molar-refractivity contribution < 1.29 is 0 Å². The molecule has 2 aliphatic rings. The van der Waals surface area contributed by atoms with E-state index in [2.05, 4.69) is 23.3 Å². The van der Waals surface area contributed by atoms with E-state index >= 15 is 0 Å². The third-order valence-corrected chi connectivity index (χ3v) is 4.22. The number of hydrogen-bond acceptors (Lipinski definition) is 2. The Kier molecular flexibility index (Phi) is 3.15. The molecule has 0 aliphatic heterocycles. The second-order valence-electron chi connectivity index (χ2n) is 5.71. The smallest absolute Gasteiger partial charge is 0.0436 e. The molecule has 0 spiro atoms. The lowest BCUT2D eigenvalue weighted by Gasteiger charge is -2.28. The minimum Gasteiger partial charge on any atom is -0.311 e. The average Bonchev–Trinajstić information content (AvgIpc) is 2.81. The number of nitrogens with one attached hydrogen (secondary N) is 1. The van der Waals surface area contributed by atoms with E-state index in [0.29, 0.717) is 6.04 Å². The Morgan fingerprint density at radius 1 is 1.18 bits per heavy atom. The molecule has 0 bridgehead atoms. The van der Waals surface area contributed by atoms with Crippen LogP contribution < -0.4 is 5.32 Å². The highest BCUT2D eigenvalue weighted by atomic mass is 15.0. The van der Waals surface area contributed by atoms with Gasteiger partial charge in [0.05, 0.1) is 0 Å². The van der Waals surface area contributed by atoms with Gasteiger partial charge in [-0.2, -0.15) is 0 Å². The second kappa shape index (κ2) is 4.77. The Hall–Kier alpha value is -0.890. The largest absolute Gasteiger partial charge is 0.311 e. The molecule has 1 heterocycles. The van der Waals surface area contributed by atoms with Crippen molar-refractivity contribution in [1.82, 2.24) is 10.3 Å². The Morgan fingerprint density at radius 2 is 2.00 bits per heavy atom. The van der Waals surface area contributed by atoms with E-state index in [0.717, 1.165) is 12.5 Å². The Labute approximate surface area is 104 Å². The van der Waals surface area contributed by atoms with Gasteiger partial charge in [0.2, 0.25) is 0 Å². The van der Waals surface area contributed by atoms with Gasteiger partial charge >= 0.3 is 0 Å². The molecule has 0 aromatic carbocycles. The standard InChI is InChI=1S/C15H22N2/c1-11-8-12-9-14(6-7-15(12)16-10-11)17-13-4-2-3-5-13/h8,10,13-14,17H,2-7,9H2,1H3. The highest BCUT2D eigenvalue weighted by Crippen LogP contribution is 2.24. The molecule has 1 atom stereocenters. The van der Waals surface area contributed by atoms with Crippen LogP contribution >= 0.6 is 0 Å². The Morgan fingerprint density at radius 3 is 2.82 bits per heavy atom. The third-order valence-electron chi connectivity index (χ3n) is 4.22. The SMILES string of the molecule is Cc1cnc2c(c1)CC(NC1CCCC1)CC2. The first kappa shape index (κ1) is 11.2. The van der Waals surface area contributed by atoms with Gasteiger partial charge in [-0.25, -0.2) is 0 Å². The van der Waals surface area contributed by atoms with Crippen molar-refractivity contribution >= 4 is 0 Å². The molecule has 1 aromatic rings. The number of fused-ring (bicyclic) bond motifs is 1. The lowest BCUT2D eigenvalue weighted by atomic mass is 9.90. The zero-order valence-electron chi connectivity index (χ0n) is 10.7. The van der Waals surface area contributed by atoms with Crippen molar-refractivity contribution in [2.24, 2.45) is 0 Å². The lowest BCUT2D eigenvalue weighted by molar-refractivity contribution is 0.393. The minimum absolute atomic E-state index is 0.689. The Bertz CT molecular complexity index is 394. The number of aromatic nitrogens is 1. The van der Waals surface area contributed by atoms with Crippen LogP contribution in [-0.4, -0.2) is 17.1 Å². The van der Waals surface area contributed by atoms with Crippen LogP contribution in [0.2, 0.25) is 0 Å². The van der Waals surface area contributed by atoms with Crippen LogP contribution in [-0.2, 0) is 12.8 Å². The van der Waals surface area contributed by atoms with Gasteiger partial charge in [-0.15, -0.1) is 0 Å². The van der Waals surface area contributed by atoms with E-state index in [1.165, 1.54) is 55.3 Å². The molecule has 17 heavy (non-hydrogen) atoms. The molecule has 2 heteroatoms. The highest BCUT2D eigenvalue weighted by molar-refractivity contribution is 5.28. The molecule has 1 unspecified atom stereocenters. The van der Waals surface area contributed by atoms with E-state index < -0.39 is 0 Å². The van der Waals surface area contributed by atoms with E-state index in [-0.39, 0.29) is 0 Å². The van der Waals surface area contributed by atoms with Gasteiger partial charge in [-0.1, -0.05) is 18.9 Å². The maximum Gasteiger partial charge on any atom is 0.0436 e. The summed E-state index contributed by atoms with van der Waals surface area (Å²) >= 11 is 0. The molecule has 2 aliphatic carbocycles. The molecule has 1 aromatic heterocycles. The average molecular weight is 230 g/mol. The zero-order valence-corrected chi connectivity index (χ0v) is 10.7. The van der Waals surface area contributed by atoms with Crippen molar-refractivity contribution in [2.75, 3.05) is 0 Å². The summed E-state index contributed by atoms with van der Waals surface area (Å²) in [4.78, 5) is 4.56. The van der Waals surface area contributed by atoms with E-state index in [1.807, 2.05) is 6.20 Å². The van der Waals surface area contributed by atoms with Gasteiger partial charge in [0.15, 0.2) is 0 Å². The van der Waals surface area contributed by atoms with Gasteiger partial charge in [-0.05, 0) is 50.2 Å². The van der Waals surface area contributed by atoms with Crippen LogP contribution in [0.25, 0.3) is 0 Å². The summed E-state index contributed by atoms with van der Waals surface area (Å²) in [5.41, 5.74) is 4.11. The molecule has 92 valence electrons. The van der Waals surface area contributed by atoms with Gasteiger partial charge in [0.1, 0.15) is 0 Å². The van der Waals surface area contributed by atoms with Gasteiger partial charge in [-0.3, -0.25) is 4.98 Å². The topological polar surface area (TPSA) is 24.9 Å². The third kappa shape index (κ3) is 2.52.